The number of hydrogen-bond acceptors (Lipinski definition) is 3. The van der Waals surface area contributed by atoms with Crippen LogP contribution in [-0.4, -0.2) is 13.2 Å². The number of hydrogen-bond donors (Lipinski definition) is 1. The summed E-state index contributed by atoms with van der Waals surface area (Å²) in [5.41, 5.74) is 1.88. The van der Waals surface area contributed by atoms with Crippen LogP contribution in [0.15, 0.2) is 42.5 Å². The molecular weight excluding hydrogens is 276 g/mol. The molecule has 21 heavy (non-hydrogen) atoms. The number of alkyl halides is 2. The van der Waals surface area contributed by atoms with E-state index in [0.29, 0.717) is 19.8 Å². The van der Waals surface area contributed by atoms with Crippen LogP contribution in [0.4, 0.5) is 14.5 Å². The van der Waals surface area contributed by atoms with Gasteiger partial charge in [-0.15, -0.1) is 0 Å². The van der Waals surface area contributed by atoms with Gasteiger partial charge in [0.1, 0.15) is 13.2 Å². The summed E-state index contributed by atoms with van der Waals surface area (Å²) in [5, 5.41) is 3.24. The molecule has 1 aliphatic heterocycles. The van der Waals surface area contributed by atoms with Crippen LogP contribution in [0.1, 0.15) is 17.6 Å². The lowest BCUT2D eigenvalue weighted by Crippen LogP contribution is -2.15. The first-order valence-corrected chi connectivity index (χ1v) is 6.73. The standard InChI is InChI=1S/C16H15F2NO2/c17-16(18)12-3-1-11(2-4-12)10-19-13-5-6-14-15(9-13)21-8-7-20-14/h1-6,9,16,19H,7-8,10H2. The largest absolute Gasteiger partial charge is 0.486 e. The quantitative estimate of drug-likeness (QED) is 0.923. The van der Waals surface area contributed by atoms with E-state index in [-0.39, 0.29) is 5.56 Å². The zero-order valence-electron chi connectivity index (χ0n) is 11.3. The summed E-state index contributed by atoms with van der Waals surface area (Å²) >= 11 is 0. The average Bonchev–Trinajstić information content (AvgIpc) is 2.53. The molecule has 0 atom stereocenters. The summed E-state index contributed by atoms with van der Waals surface area (Å²) in [7, 11) is 0. The molecule has 3 nitrogen and oxygen atoms in total. The SMILES string of the molecule is FC(F)c1ccc(CNc2ccc3c(c2)OCCO3)cc1. The Balaban J connectivity index is 1.64. The molecule has 0 amide bonds. The maximum Gasteiger partial charge on any atom is 0.263 e. The third kappa shape index (κ3) is 3.24. The molecule has 0 unspecified atom stereocenters. The highest BCUT2D eigenvalue weighted by molar-refractivity contribution is 5.55. The molecule has 2 aromatic rings. The van der Waals surface area contributed by atoms with E-state index in [9.17, 15) is 8.78 Å². The van der Waals surface area contributed by atoms with E-state index in [4.69, 9.17) is 9.47 Å². The summed E-state index contributed by atoms with van der Waals surface area (Å²) in [6.07, 6.45) is -2.43. The zero-order chi connectivity index (χ0) is 14.7. The fraction of sp³-hybridized carbons (Fsp3) is 0.250. The highest BCUT2D eigenvalue weighted by atomic mass is 19.3. The van der Waals surface area contributed by atoms with Crippen molar-refractivity contribution in [1.29, 1.82) is 0 Å². The highest BCUT2D eigenvalue weighted by Crippen LogP contribution is 2.32. The maximum atomic E-state index is 12.5. The van der Waals surface area contributed by atoms with Crippen LogP contribution >= 0.6 is 0 Å². The second-order valence-electron chi connectivity index (χ2n) is 4.75. The van der Waals surface area contributed by atoms with Crippen LogP contribution in [0, 0.1) is 0 Å². The fourth-order valence-electron chi connectivity index (χ4n) is 2.14. The van der Waals surface area contributed by atoms with Gasteiger partial charge in [0, 0.05) is 23.9 Å². The lowest BCUT2D eigenvalue weighted by atomic mass is 10.1. The summed E-state index contributed by atoms with van der Waals surface area (Å²) in [6, 6.07) is 11.9. The first kappa shape index (κ1) is 13.7. The zero-order valence-corrected chi connectivity index (χ0v) is 11.3. The van der Waals surface area contributed by atoms with E-state index in [1.165, 1.54) is 12.1 Å². The van der Waals surface area contributed by atoms with Gasteiger partial charge < -0.3 is 14.8 Å². The second kappa shape index (κ2) is 5.99. The monoisotopic (exact) mass is 291 g/mol. The Morgan fingerprint density at radius 1 is 0.952 bits per heavy atom. The average molecular weight is 291 g/mol. The predicted octanol–water partition coefficient (Wildman–Crippen LogP) is 4.01. The van der Waals surface area contributed by atoms with Gasteiger partial charge in [-0.05, 0) is 17.7 Å². The van der Waals surface area contributed by atoms with Crippen molar-refractivity contribution in [2.45, 2.75) is 13.0 Å². The van der Waals surface area contributed by atoms with Gasteiger partial charge in [0.05, 0.1) is 0 Å². The second-order valence-corrected chi connectivity index (χ2v) is 4.75. The van der Waals surface area contributed by atoms with Gasteiger partial charge in [-0.2, -0.15) is 0 Å². The van der Waals surface area contributed by atoms with Gasteiger partial charge in [0.25, 0.3) is 6.43 Å². The Bertz CT molecular complexity index is 614. The van der Waals surface area contributed by atoms with Crippen LogP contribution in [-0.2, 0) is 6.54 Å². The molecule has 5 heteroatoms. The summed E-state index contributed by atoms with van der Waals surface area (Å²) in [5.74, 6) is 1.47. The first-order valence-electron chi connectivity index (χ1n) is 6.73. The van der Waals surface area contributed by atoms with Crippen LogP contribution < -0.4 is 14.8 Å². The van der Waals surface area contributed by atoms with Crippen molar-refractivity contribution in [3.8, 4) is 11.5 Å². The van der Waals surface area contributed by atoms with Crippen molar-refractivity contribution in [1.82, 2.24) is 0 Å². The van der Waals surface area contributed by atoms with Gasteiger partial charge in [-0.25, -0.2) is 8.78 Å². The lowest BCUT2D eigenvalue weighted by molar-refractivity contribution is 0.151. The van der Waals surface area contributed by atoms with Crippen molar-refractivity contribution in [3.63, 3.8) is 0 Å². The number of fused-ring (bicyclic) bond motifs is 1. The van der Waals surface area contributed by atoms with Crippen molar-refractivity contribution in [2.75, 3.05) is 18.5 Å². The van der Waals surface area contributed by atoms with E-state index in [2.05, 4.69) is 5.32 Å². The third-order valence-corrected chi connectivity index (χ3v) is 3.27. The summed E-state index contributed by atoms with van der Waals surface area (Å²) in [4.78, 5) is 0. The van der Waals surface area contributed by atoms with Gasteiger partial charge >= 0.3 is 0 Å². The van der Waals surface area contributed by atoms with Gasteiger partial charge in [0.2, 0.25) is 0 Å². The van der Waals surface area contributed by atoms with Gasteiger partial charge in [-0.1, -0.05) is 24.3 Å². The Labute approximate surface area is 121 Å². The molecule has 0 spiro atoms. The van der Waals surface area contributed by atoms with Crippen LogP contribution in [0.3, 0.4) is 0 Å². The van der Waals surface area contributed by atoms with Crippen molar-refractivity contribution >= 4 is 5.69 Å². The lowest BCUT2D eigenvalue weighted by Gasteiger charge is -2.19. The van der Waals surface area contributed by atoms with Crippen LogP contribution in [0.2, 0.25) is 0 Å². The molecule has 1 aliphatic rings. The van der Waals surface area contributed by atoms with Gasteiger partial charge in [-0.3, -0.25) is 0 Å². The normalized spacial score (nSPS) is 13.3. The predicted molar refractivity (Wildman–Crippen MR) is 76.2 cm³/mol. The molecule has 0 bridgehead atoms. The molecule has 0 aliphatic carbocycles. The summed E-state index contributed by atoms with van der Waals surface area (Å²) < 4.78 is 35.9. The van der Waals surface area contributed by atoms with E-state index in [1.807, 2.05) is 18.2 Å². The molecule has 110 valence electrons. The molecule has 0 aromatic heterocycles. The Morgan fingerprint density at radius 2 is 1.67 bits per heavy atom. The number of nitrogens with one attached hydrogen (secondary N) is 1. The molecule has 1 N–H and O–H groups in total. The number of halogens is 2. The molecule has 1 heterocycles. The smallest absolute Gasteiger partial charge is 0.263 e. The Kier molecular flexibility index (Phi) is 3.90. The van der Waals surface area contributed by atoms with Crippen LogP contribution in [0.5, 0.6) is 11.5 Å². The van der Waals surface area contributed by atoms with Crippen LogP contribution in [0.25, 0.3) is 0 Å². The molecular formula is C16H15F2NO2. The Morgan fingerprint density at radius 3 is 2.38 bits per heavy atom. The van der Waals surface area contributed by atoms with E-state index < -0.39 is 6.43 Å². The highest BCUT2D eigenvalue weighted by Gasteiger charge is 2.11. The molecule has 0 saturated carbocycles. The minimum Gasteiger partial charge on any atom is -0.486 e. The van der Waals surface area contributed by atoms with Gasteiger partial charge in [0.15, 0.2) is 11.5 Å². The van der Waals surface area contributed by atoms with E-state index in [1.54, 1.807) is 12.1 Å². The van der Waals surface area contributed by atoms with E-state index >= 15 is 0 Å². The van der Waals surface area contributed by atoms with Crippen molar-refractivity contribution in [3.05, 3.63) is 53.6 Å². The van der Waals surface area contributed by atoms with Crippen molar-refractivity contribution in [2.24, 2.45) is 0 Å². The molecule has 2 aromatic carbocycles. The summed E-state index contributed by atoms with van der Waals surface area (Å²) in [6.45, 7) is 1.67. The first-order chi connectivity index (χ1) is 10.2. The maximum absolute atomic E-state index is 12.5. The number of anilines is 1. The molecule has 0 radical (unpaired) electrons. The molecule has 0 saturated heterocycles. The number of ether oxygens (including phenoxy) is 2. The number of rotatable bonds is 4. The Hall–Kier alpha value is -2.30. The van der Waals surface area contributed by atoms with Crippen molar-refractivity contribution < 1.29 is 18.3 Å². The fourth-order valence-corrected chi connectivity index (χ4v) is 2.14. The molecule has 0 fully saturated rings. The topological polar surface area (TPSA) is 30.5 Å². The third-order valence-electron chi connectivity index (χ3n) is 3.27. The van der Waals surface area contributed by atoms with E-state index in [0.717, 1.165) is 22.7 Å². The number of benzene rings is 2. The molecule has 3 rings (SSSR count). The minimum absolute atomic E-state index is 0.0399. The minimum atomic E-state index is -2.43.